The highest BCUT2D eigenvalue weighted by atomic mass is 19.4. The number of hydrogen-bond donors (Lipinski definition) is 0. The maximum absolute atomic E-state index is 12.6. The van der Waals surface area contributed by atoms with Gasteiger partial charge in [0.05, 0.1) is 6.20 Å². The van der Waals surface area contributed by atoms with Crippen LogP contribution in [0.1, 0.15) is 0 Å². The summed E-state index contributed by atoms with van der Waals surface area (Å²) >= 11 is 0. The number of alkyl halides is 3. The summed E-state index contributed by atoms with van der Waals surface area (Å²) < 4.78 is 52.6. The van der Waals surface area contributed by atoms with Crippen LogP contribution in [0, 0.1) is 5.82 Å². The number of aromatic nitrogens is 2. The van der Waals surface area contributed by atoms with Crippen LogP contribution in [-0.2, 0) is 7.05 Å². The van der Waals surface area contributed by atoms with Gasteiger partial charge in [-0.25, -0.2) is 4.68 Å². The second-order valence-electron chi connectivity index (χ2n) is 2.33. The van der Waals surface area contributed by atoms with Gasteiger partial charge in [-0.1, -0.05) is 0 Å². The first-order valence-corrected chi connectivity index (χ1v) is 3.27. The zero-order valence-corrected chi connectivity index (χ0v) is 6.60. The zero-order chi connectivity index (χ0) is 10.1. The van der Waals surface area contributed by atoms with Gasteiger partial charge in [-0.05, 0) is 0 Å². The Morgan fingerprint density at radius 1 is 1.54 bits per heavy atom. The first-order valence-electron chi connectivity index (χ1n) is 3.27. The van der Waals surface area contributed by atoms with Gasteiger partial charge in [0.25, 0.3) is 0 Å². The molecule has 1 aromatic heterocycles. The number of rotatable bonds is 2. The number of aryl methyl sites for hydroxylation is 1. The normalized spacial score (nSPS) is 11.8. The lowest BCUT2D eigenvalue weighted by Crippen LogP contribution is -2.20. The summed E-state index contributed by atoms with van der Waals surface area (Å²) in [5.41, 5.74) is 0. The van der Waals surface area contributed by atoms with Gasteiger partial charge in [0.15, 0.2) is 6.61 Å². The first kappa shape index (κ1) is 9.82. The number of halogens is 4. The van der Waals surface area contributed by atoms with Gasteiger partial charge in [-0.15, -0.1) is 0 Å². The van der Waals surface area contributed by atoms with Crippen molar-refractivity contribution in [1.29, 1.82) is 0 Å². The SMILES string of the molecule is Cn1ncc(F)c1OCC(F)(F)F. The summed E-state index contributed by atoms with van der Waals surface area (Å²) in [6.45, 7) is -1.52. The van der Waals surface area contributed by atoms with E-state index >= 15 is 0 Å². The van der Waals surface area contributed by atoms with E-state index in [0.29, 0.717) is 0 Å². The van der Waals surface area contributed by atoms with Gasteiger partial charge in [-0.3, -0.25) is 0 Å². The molecule has 0 aromatic carbocycles. The molecule has 0 bridgehead atoms. The second kappa shape index (κ2) is 3.23. The fraction of sp³-hybridized carbons (Fsp3) is 0.500. The van der Waals surface area contributed by atoms with Crippen molar-refractivity contribution in [3.63, 3.8) is 0 Å². The van der Waals surface area contributed by atoms with Crippen LogP contribution in [0.5, 0.6) is 5.88 Å². The van der Waals surface area contributed by atoms with Crippen molar-refractivity contribution in [2.24, 2.45) is 7.05 Å². The van der Waals surface area contributed by atoms with Crippen LogP contribution < -0.4 is 4.74 Å². The third kappa shape index (κ3) is 2.60. The summed E-state index contributed by atoms with van der Waals surface area (Å²) in [6, 6.07) is 0. The average Bonchev–Trinajstić information content (AvgIpc) is 2.27. The van der Waals surface area contributed by atoms with E-state index in [2.05, 4.69) is 9.84 Å². The number of hydrogen-bond acceptors (Lipinski definition) is 2. The zero-order valence-electron chi connectivity index (χ0n) is 6.60. The van der Waals surface area contributed by atoms with Crippen LogP contribution in [-0.4, -0.2) is 22.6 Å². The van der Waals surface area contributed by atoms with Gasteiger partial charge in [0.1, 0.15) is 0 Å². The van der Waals surface area contributed by atoms with E-state index in [1.807, 2.05) is 0 Å². The molecule has 0 amide bonds. The minimum atomic E-state index is -4.48. The molecule has 0 unspecified atom stereocenters. The Labute approximate surface area is 70.9 Å². The summed E-state index contributed by atoms with van der Waals surface area (Å²) in [5.74, 6) is -1.43. The van der Waals surface area contributed by atoms with E-state index in [0.717, 1.165) is 10.9 Å². The number of nitrogens with zero attached hydrogens (tertiary/aromatic N) is 2. The van der Waals surface area contributed by atoms with Crippen molar-refractivity contribution in [2.45, 2.75) is 6.18 Å². The molecule has 74 valence electrons. The lowest BCUT2D eigenvalue weighted by molar-refractivity contribution is -0.154. The Balaban J connectivity index is 2.64. The molecule has 1 heterocycles. The van der Waals surface area contributed by atoms with Crippen molar-refractivity contribution in [1.82, 2.24) is 9.78 Å². The molecule has 7 heteroatoms. The van der Waals surface area contributed by atoms with Crippen molar-refractivity contribution < 1.29 is 22.3 Å². The van der Waals surface area contributed by atoms with Crippen LogP contribution >= 0.6 is 0 Å². The van der Waals surface area contributed by atoms with Crippen LogP contribution in [0.4, 0.5) is 17.6 Å². The first-order chi connectivity index (χ1) is 5.90. The molecule has 0 atom stereocenters. The van der Waals surface area contributed by atoms with Crippen molar-refractivity contribution in [3.8, 4) is 5.88 Å². The minimum Gasteiger partial charge on any atom is -0.466 e. The lowest BCUT2D eigenvalue weighted by atomic mass is 10.6. The molecule has 1 aromatic rings. The molecule has 0 saturated carbocycles. The average molecular weight is 198 g/mol. The van der Waals surface area contributed by atoms with Crippen LogP contribution in [0.3, 0.4) is 0 Å². The fourth-order valence-electron chi connectivity index (χ4n) is 0.712. The van der Waals surface area contributed by atoms with Gasteiger partial charge in [0.2, 0.25) is 11.7 Å². The maximum Gasteiger partial charge on any atom is 0.422 e. The van der Waals surface area contributed by atoms with E-state index in [4.69, 9.17) is 0 Å². The maximum atomic E-state index is 12.6. The predicted molar refractivity (Wildman–Crippen MR) is 34.7 cm³/mol. The topological polar surface area (TPSA) is 27.1 Å². The molecule has 0 radical (unpaired) electrons. The Bertz CT molecular complexity index is 274. The minimum absolute atomic E-state index is 0.516. The van der Waals surface area contributed by atoms with E-state index in [1.165, 1.54) is 7.05 Å². The van der Waals surface area contributed by atoms with E-state index < -0.39 is 24.5 Å². The van der Waals surface area contributed by atoms with Gasteiger partial charge >= 0.3 is 6.18 Å². The standard InChI is InChI=1S/C6H6F4N2O/c1-12-5(4(7)2-11-12)13-3-6(8,9)10/h2H,3H2,1H3. The van der Waals surface area contributed by atoms with Gasteiger partial charge in [-0.2, -0.15) is 22.7 Å². The molecular weight excluding hydrogens is 192 g/mol. The van der Waals surface area contributed by atoms with E-state index in [-0.39, 0.29) is 0 Å². The molecule has 3 nitrogen and oxygen atoms in total. The van der Waals surface area contributed by atoms with Gasteiger partial charge < -0.3 is 4.74 Å². The Morgan fingerprint density at radius 2 is 2.15 bits per heavy atom. The van der Waals surface area contributed by atoms with Crippen LogP contribution in [0.2, 0.25) is 0 Å². The summed E-state index contributed by atoms with van der Waals surface area (Å²) in [5, 5.41) is 3.37. The molecule has 1 rings (SSSR count). The van der Waals surface area contributed by atoms with Crippen LogP contribution in [0.15, 0.2) is 6.20 Å². The molecule has 0 aliphatic carbocycles. The molecule has 0 N–H and O–H groups in total. The third-order valence-corrected chi connectivity index (χ3v) is 1.22. The van der Waals surface area contributed by atoms with E-state index in [9.17, 15) is 17.6 Å². The van der Waals surface area contributed by atoms with Gasteiger partial charge in [0, 0.05) is 7.05 Å². The molecular formula is C6H6F4N2O. The quantitative estimate of drug-likeness (QED) is 0.673. The monoisotopic (exact) mass is 198 g/mol. The molecule has 0 spiro atoms. The Kier molecular flexibility index (Phi) is 2.44. The summed E-state index contributed by atoms with van der Waals surface area (Å²) in [7, 11) is 1.29. The predicted octanol–water partition coefficient (Wildman–Crippen LogP) is 1.50. The highest BCUT2D eigenvalue weighted by Crippen LogP contribution is 2.19. The van der Waals surface area contributed by atoms with Crippen molar-refractivity contribution in [2.75, 3.05) is 6.61 Å². The molecule has 0 saturated heterocycles. The number of ether oxygens (including phenoxy) is 1. The largest absolute Gasteiger partial charge is 0.466 e. The molecule has 13 heavy (non-hydrogen) atoms. The second-order valence-corrected chi connectivity index (χ2v) is 2.33. The van der Waals surface area contributed by atoms with Crippen molar-refractivity contribution >= 4 is 0 Å². The smallest absolute Gasteiger partial charge is 0.422 e. The molecule has 0 fully saturated rings. The Hall–Kier alpha value is -1.27. The third-order valence-electron chi connectivity index (χ3n) is 1.22. The van der Waals surface area contributed by atoms with Crippen molar-refractivity contribution in [3.05, 3.63) is 12.0 Å². The molecule has 0 aliphatic heterocycles. The van der Waals surface area contributed by atoms with Crippen LogP contribution in [0.25, 0.3) is 0 Å². The Morgan fingerprint density at radius 3 is 2.54 bits per heavy atom. The summed E-state index contributed by atoms with van der Waals surface area (Å²) in [6.07, 6.45) is -3.69. The van der Waals surface area contributed by atoms with E-state index in [1.54, 1.807) is 0 Å². The summed E-state index contributed by atoms with van der Waals surface area (Å²) in [4.78, 5) is 0. The highest BCUT2D eigenvalue weighted by Gasteiger charge is 2.29. The highest BCUT2D eigenvalue weighted by molar-refractivity contribution is 5.10. The molecule has 0 aliphatic rings. The lowest BCUT2D eigenvalue weighted by Gasteiger charge is -2.08. The fourth-order valence-corrected chi connectivity index (χ4v) is 0.712.